The van der Waals surface area contributed by atoms with E-state index in [2.05, 4.69) is 4.98 Å². The van der Waals surface area contributed by atoms with Gasteiger partial charge in [-0.15, -0.1) is 11.3 Å². The van der Waals surface area contributed by atoms with Crippen LogP contribution in [0.2, 0.25) is 0 Å². The zero-order chi connectivity index (χ0) is 15.7. The van der Waals surface area contributed by atoms with Gasteiger partial charge in [-0.25, -0.2) is 4.98 Å². The van der Waals surface area contributed by atoms with Gasteiger partial charge in [0, 0.05) is 12.1 Å². The van der Waals surface area contributed by atoms with Crippen LogP contribution >= 0.6 is 35.3 Å². The van der Waals surface area contributed by atoms with Crippen molar-refractivity contribution < 1.29 is 4.79 Å². The zero-order valence-electron chi connectivity index (χ0n) is 12.2. The Bertz CT molecular complexity index is 765. The summed E-state index contributed by atoms with van der Waals surface area (Å²) in [6, 6.07) is 10.0. The maximum atomic E-state index is 12.3. The van der Waals surface area contributed by atoms with Crippen molar-refractivity contribution in [2.45, 2.75) is 13.8 Å². The highest BCUT2D eigenvalue weighted by atomic mass is 32.2. The molecule has 1 aliphatic heterocycles. The van der Waals surface area contributed by atoms with Gasteiger partial charge in [-0.2, -0.15) is 0 Å². The number of rotatable bonds is 3. The summed E-state index contributed by atoms with van der Waals surface area (Å²) in [4.78, 5) is 20.3. The van der Waals surface area contributed by atoms with E-state index in [1.807, 2.05) is 50.3 Å². The normalized spacial score (nSPS) is 16.8. The molecule has 0 unspecified atom stereocenters. The minimum Gasteiger partial charge on any atom is -0.293 e. The molecule has 2 heterocycles. The van der Waals surface area contributed by atoms with Crippen molar-refractivity contribution >= 4 is 51.6 Å². The molecular formula is C16H14N2OS3. The standard InChI is InChI=1S/C16H14N2OS3/c1-3-18-15(19)13(22-16(18)20)9-12-14(17-10(2)21-12)11-7-5-4-6-8-11/h4-9H,3H2,1-2H3/b13-9-. The predicted octanol–water partition coefficient (Wildman–Crippen LogP) is 4.34. The Morgan fingerprint density at radius 3 is 2.68 bits per heavy atom. The second kappa shape index (κ2) is 6.32. The van der Waals surface area contributed by atoms with E-state index in [4.69, 9.17) is 12.2 Å². The van der Waals surface area contributed by atoms with E-state index in [1.165, 1.54) is 11.8 Å². The van der Waals surface area contributed by atoms with Crippen molar-refractivity contribution in [3.63, 3.8) is 0 Å². The van der Waals surface area contributed by atoms with Crippen LogP contribution in [0.15, 0.2) is 35.2 Å². The van der Waals surface area contributed by atoms with E-state index in [1.54, 1.807) is 16.2 Å². The maximum absolute atomic E-state index is 12.3. The van der Waals surface area contributed by atoms with E-state index in [0.717, 1.165) is 21.1 Å². The van der Waals surface area contributed by atoms with Crippen LogP contribution in [0, 0.1) is 6.92 Å². The highest BCUT2D eigenvalue weighted by molar-refractivity contribution is 8.26. The molecular weight excluding hydrogens is 332 g/mol. The number of nitrogens with zero attached hydrogens (tertiary/aromatic N) is 2. The molecule has 1 aliphatic rings. The Balaban J connectivity index is 2.02. The van der Waals surface area contributed by atoms with E-state index < -0.39 is 0 Å². The fourth-order valence-corrected chi connectivity index (χ4v) is 4.57. The van der Waals surface area contributed by atoms with Gasteiger partial charge in [-0.1, -0.05) is 54.3 Å². The summed E-state index contributed by atoms with van der Waals surface area (Å²) in [5, 5.41) is 0.982. The first kappa shape index (κ1) is 15.4. The highest BCUT2D eigenvalue weighted by Gasteiger charge is 2.31. The molecule has 22 heavy (non-hydrogen) atoms. The number of amides is 1. The fourth-order valence-electron chi connectivity index (χ4n) is 2.24. The second-order valence-corrected chi connectivity index (χ2v) is 7.65. The lowest BCUT2D eigenvalue weighted by Crippen LogP contribution is -2.27. The first-order chi connectivity index (χ1) is 10.6. The second-order valence-electron chi connectivity index (χ2n) is 4.74. The van der Waals surface area contributed by atoms with Gasteiger partial charge in [0.15, 0.2) is 0 Å². The number of carbonyl (C=O) groups excluding carboxylic acids is 1. The number of carbonyl (C=O) groups is 1. The van der Waals surface area contributed by atoms with Gasteiger partial charge in [-0.3, -0.25) is 9.69 Å². The number of benzene rings is 1. The number of thiocarbonyl (C=S) groups is 1. The van der Waals surface area contributed by atoms with Crippen LogP contribution in [0.25, 0.3) is 17.3 Å². The van der Waals surface area contributed by atoms with Gasteiger partial charge in [0.05, 0.1) is 20.5 Å². The average Bonchev–Trinajstić information content (AvgIpc) is 3.00. The molecule has 0 saturated carbocycles. The summed E-state index contributed by atoms with van der Waals surface area (Å²) >= 11 is 8.21. The number of aryl methyl sites for hydroxylation is 1. The van der Waals surface area contributed by atoms with Crippen LogP contribution in [0.3, 0.4) is 0 Å². The third-order valence-corrected chi connectivity index (χ3v) is 5.56. The molecule has 0 aliphatic carbocycles. The van der Waals surface area contributed by atoms with Gasteiger partial charge in [0.1, 0.15) is 4.32 Å². The van der Waals surface area contributed by atoms with E-state index in [0.29, 0.717) is 15.8 Å². The molecule has 2 aromatic rings. The van der Waals surface area contributed by atoms with E-state index in [9.17, 15) is 4.79 Å². The molecule has 0 bridgehead atoms. The number of likely N-dealkylation sites (N-methyl/N-ethyl adjacent to an activating group) is 1. The Labute approximate surface area is 143 Å². The molecule has 3 rings (SSSR count). The van der Waals surface area contributed by atoms with E-state index >= 15 is 0 Å². The third kappa shape index (κ3) is 2.86. The summed E-state index contributed by atoms with van der Waals surface area (Å²) in [5.41, 5.74) is 1.98. The summed E-state index contributed by atoms with van der Waals surface area (Å²) in [6.45, 7) is 4.51. The number of hydrogen-bond acceptors (Lipinski definition) is 5. The molecule has 1 aromatic heterocycles. The van der Waals surface area contributed by atoms with Crippen molar-refractivity contribution in [2.24, 2.45) is 0 Å². The molecule has 112 valence electrons. The van der Waals surface area contributed by atoms with Crippen molar-refractivity contribution in [2.75, 3.05) is 6.54 Å². The summed E-state index contributed by atoms with van der Waals surface area (Å²) in [6.07, 6.45) is 1.92. The summed E-state index contributed by atoms with van der Waals surface area (Å²) < 4.78 is 0.626. The van der Waals surface area contributed by atoms with Gasteiger partial charge in [0.2, 0.25) is 0 Å². The first-order valence-electron chi connectivity index (χ1n) is 6.88. The van der Waals surface area contributed by atoms with Gasteiger partial charge >= 0.3 is 0 Å². The lowest BCUT2D eigenvalue weighted by atomic mass is 10.1. The van der Waals surface area contributed by atoms with Crippen LogP contribution in [0.1, 0.15) is 16.8 Å². The number of aromatic nitrogens is 1. The van der Waals surface area contributed by atoms with Crippen LogP contribution in [0.5, 0.6) is 0 Å². The lowest BCUT2D eigenvalue weighted by Gasteiger charge is -2.09. The van der Waals surface area contributed by atoms with Gasteiger partial charge in [0.25, 0.3) is 5.91 Å². The van der Waals surface area contributed by atoms with Crippen LogP contribution < -0.4 is 0 Å². The molecule has 0 spiro atoms. The number of thioether (sulfide) groups is 1. The Hall–Kier alpha value is -1.50. The smallest absolute Gasteiger partial charge is 0.266 e. The first-order valence-corrected chi connectivity index (χ1v) is 8.92. The highest BCUT2D eigenvalue weighted by Crippen LogP contribution is 2.36. The van der Waals surface area contributed by atoms with Gasteiger partial charge < -0.3 is 0 Å². The van der Waals surface area contributed by atoms with Crippen molar-refractivity contribution in [3.05, 3.63) is 45.1 Å². The SMILES string of the molecule is CCN1C(=O)/C(=C/c2sc(C)nc2-c2ccccc2)SC1=S. The third-order valence-electron chi connectivity index (χ3n) is 3.26. The topological polar surface area (TPSA) is 33.2 Å². The minimum absolute atomic E-state index is 0.0115. The van der Waals surface area contributed by atoms with E-state index in [-0.39, 0.29) is 5.91 Å². The van der Waals surface area contributed by atoms with Crippen molar-refractivity contribution in [1.82, 2.24) is 9.88 Å². The largest absolute Gasteiger partial charge is 0.293 e. The molecule has 3 nitrogen and oxygen atoms in total. The minimum atomic E-state index is -0.0115. The zero-order valence-corrected chi connectivity index (χ0v) is 14.6. The Morgan fingerprint density at radius 2 is 2.05 bits per heavy atom. The van der Waals surface area contributed by atoms with Gasteiger partial charge in [-0.05, 0) is 19.9 Å². The fraction of sp³-hybridized carbons (Fsp3) is 0.188. The lowest BCUT2D eigenvalue weighted by molar-refractivity contribution is -0.121. The molecule has 1 fully saturated rings. The van der Waals surface area contributed by atoms with Crippen molar-refractivity contribution in [1.29, 1.82) is 0 Å². The molecule has 0 radical (unpaired) electrons. The quantitative estimate of drug-likeness (QED) is 0.611. The maximum Gasteiger partial charge on any atom is 0.266 e. The predicted molar refractivity (Wildman–Crippen MR) is 97.8 cm³/mol. The van der Waals surface area contributed by atoms with Crippen LogP contribution in [-0.2, 0) is 4.79 Å². The monoisotopic (exact) mass is 346 g/mol. The number of hydrogen-bond donors (Lipinski definition) is 0. The van der Waals surface area contributed by atoms with Crippen LogP contribution in [0.4, 0.5) is 0 Å². The average molecular weight is 347 g/mol. The van der Waals surface area contributed by atoms with Crippen molar-refractivity contribution in [3.8, 4) is 11.3 Å². The Kier molecular flexibility index (Phi) is 4.42. The molecule has 0 N–H and O–H groups in total. The molecule has 1 saturated heterocycles. The summed E-state index contributed by atoms with van der Waals surface area (Å²) in [7, 11) is 0. The van der Waals surface area contributed by atoms with Crippen LogP contribution in [-0.4, -0.2) is 26.7 Å². The summed E-state index contributed by atoms with van der Waals surface area (Å²) in [5.74, 6) is -0.0115. The number of thiazole rings is 1. The molecule has 6 heteroatoms. The Morgan fingerprint density at radius 1 is 1.32 bits per heavy atom. The molecule has 0 atom stereocenters. The molecule has 1 aromatic carbocycles. The molecule has 1 amide bonds.